The van der Waals surface area contributed by atoms with Crippen LogP contribution in [0.5, 0.6) is 0 Å². The largest absolute Gasteiger partial charge is 0.368 e. The molecule has 0 fully saturated rings. The number of hydrogen-bond donors (Lipinski definition) is 1. The molecule has 0 amide bonds. The second-order valence-corrected chi connectivity index (χ2v) is 3.92. The van der Waals surface area contributed by atoms with Crippen molar-refractivity contribution in [2.45, 2.75) is 5.16 Å². The van der Waals surface area contributed by atoms with E-state index in [1.165, 1.54) is 16.3 Å². The molecule has 0 aromatic carbocycles. The van der Waals surface area contributed by atoms with E-state index < -0.39 is 0 Å². The Balaban J connectivity index is 2.80. The summed E-state index contributed by atoms with van der Waals surface area (Å²) in [6.07, 6.45) is 3.54. The predicted octanol–water partition coefficient (Wildman–Crippen LogP) is 1.19. The molecule has 2 rings (SSSR count). The van der Waals surface area contributed by atoms with Gasteiger partial charge in [0, 0.05) is 0 Å². The molecule has 0 bridgehead atoms. The summed E-state index contributed by atoms with van der Waals surface area (Å²) in [6.45, 7) is 0. The molecule has 0 saturated heterocycles. The minimum Gasteiger partial charge on any atom is -0.368 e. The van der Waals surface area contributed by atoms with Crippen LogP contribution in [0.25, 0.3) is 5.65 Å². The van der Waals surface area contributed by atoms with Gasteiger partial charge in [0.05, 0.1) is 10.7 Å². The average Bonchev–Trinajstić information content (AvgIpc) is 2.48. The van der Waals surface area contributed by atoms with Crippen molar-refractivity contribution in [1.82, 2.24) is 19.6 Å². The third-order valence-corrected chi connectivity index (χ3v) is 2.62. The number of thioether (sulfide) groups is 1. The van der Waals surface area contributed by atoms with Gasteiger partial charge in [-0.1, -0.05) is 11.8 Å². The van der Waals surface area contributed by atoms with Crippen molar-refractivity contribution in [1.29, 1.82) is 0 Å². The van der Waals surface area contributed by atoms with Gasteiger partial charge in [-0.05, 0) is 22.2 Å². The van der Waals surface area contributed by atoms with Gasteiger partial charge >= 0.3 is 0 Å². The first-order valence-corrected chi connectivity index (χ1v) is 5.45. The van der Waals surface area contributed by atoms with Crippen LogP contribution in [0.15, 0.2) is 15.8 Å². The number of nitrogens with two attached hydrogens (primary N) is 1. The van der Waals surface area contributed by atoms with E-state index in [0.29, 0.717) is 16.8 Å². The summed E-state index contributed by atoms with van der Waals surface area (Å²) in [5, 5.41) is 4.65. The zero-order valence-electron chi connectivity index (χ0n) is 6.73. The third-order valence-electron chi connectivity index (χ3n) is 1.51. The second-order valence-electron chi connectivity index (χ2n) is 2.30. The Bertz CT molecular complexity index is 453. The van der Waals surface area contributed by atoms with Crippen LogP contribution in [0.3, 0.4) is 0 Å². The van der Waals surface area contributed by atoms with Crippen LogP contribution in [0, 0.1) is 0 Å². The molecule has 0 aliphatic rings. The van der Waals surface area contributed by atoms with E-state index in [4.69, 9.17) is 5.73 Å². The Hall–Kier alpha value is -0.820. The van der Waals surface area contributed by atoms with Crippen LogP contribution >= 0.6 is 27.7 Å². The van der Waals surface area contributed by atoms with Crippen LogP contribution in [-0.4, -0.2) is 25.8 Å². The van der Waals surface area contributed by atoms with Crippen molar-refractivity contribution in [2.24, 2.45) is 0 Å². The molecule has 2 N–H and O–H groups in total. The average molecular weight is 260 g/mol. The fourth-order valence-corrected chi connectivity index (χ4v) is 1.65. The summed E-state index contributed by atoms with van der Waals surface area (Å²) in [5.74, 6) is 0.347. The minimum atomic E-state index is 0.347. The number of anilines is 1. The molecule has 0 aliphatic carbocycles. The molecule has 5 nitrogen and oxygen atoms in total. The van der Waals surface area contributed by atoms with E-state index in [-0.39, 0.29) is 0 Å². The SMILES string of the molecule is CSc1nc(N)n2ncc(Br)c2n1. The molecule has 2 aromatic heterocycles. The van der Waals surface area contributed by atoms with Gasteiger partial charge in [0.25, 0.3) is 0 Å². The fourth-order valence-electron chi connectivity index (χ4n) is 0.943. The highest BCUT2D eigenvalue weighted by Crippen LogP contribution is 2.19. The molecule has 0 saturated carbocycles. The lowest BCUT2D eigenvalue weighted by molar-refractivity contribution is 0.852. The summed E-state index contributed by atoms with van der Waals surface area (Å²) in [4.78, 5) is 8.28. The summed E-state index contributed by atoms with van der Waals surface area (Å²) < 4.78 is 2.31. The first-order chi connectivity index (χ1) is 6.22. The number of fused-ring (bicyclic) bond motifs is 1. The molecule has 0 aliphatic heterocycles. The quantitative estimate of drug-likeness (QED) is 0.780. The maximum Gasteiger partial charge on any atom is 0.225 e. The van der Waals surface area contributed by atoms with Crippen LogP contribution in [0.2, 0.25) is 0 Å². The van der Waals surface area contributed by atoms with Crippen molar-refractivity contribution in [2.75, 3.05) is 12.0 Å². The van der Waals surface area contributed by atoms with E-state index in [9.17, 15) is 0 Å². The first-order valence-electron chi connectivity index (χ1n) is 3.43. The zero-order chi connectivity index (χ0) is 9.42. The standard InChI is InChI=1S/C6H6BrN5S/c1-13-6-10-4-3(7)2-9-12(4)5(8)11-6/h2H,1H3,(H2,8,10,11). The van der Waals surface area contributed by atoms with Crippen molar-refractivity contribution in [3.8, 4) is 0 Å². The number of halogens is 1. The van der Waals surface area contributed by atoms with Gasteiger partial charge in [-0.3, -0.25) is 0 Å². The van der Waals surface area contributed by atoms with Crippen molar-refractivity contribution >= 4 is 39.3 Å². The van der Waals surface area contributed by atoms with Crippen LogP contribution < -0.4 is 5.73 Å². The number of hydrogen-bond acceptors (Lipinski definition) is 5. The van der Waals surface area contributed by atoms with Gasteiger partial charge in [-0.2, -0.15) is 14.6 Å². The predicted molar refractivity (Wildman–Crippen MR) is 54.7 cm³/mol. The molecule has 13 heavy (non-hydrogen) atoms. The number of nitrogen functional groups attached to an aromatic ring is 1. The maximum absolute atomic E-state index is 5.66. The zero-order valence-corrected chi connectivity index (χ0v) is 9.13. The Kier molecular flexibility index (Phi) is 2.12. The molecular formula is C6H6BrN5S. The monoisotopic (exact) mass is 259 g/mol. The van der Waals surface area contributed by atoms with E-state index >= 15 is 0 Å². The van der Waals surface area contributed by atoms with Gasteiger partial charge in [-0.15, -0.1) is 0 Å². The Morgan fingerprint density at radius 3 is 3.00 bits per heavy atom. The van der Waals surface area contributed by atoms with Crippen LogP contribution in [0.4, 0.5) is 5.95 Å². The van der Waals surface area contributed by atoms with Crippen molar-refractivity contribution < 1.29 is 0 Å². The van der Waals surface area contributed by atoms with Gasteiger partial charge in [0.1, 0.15) is 0 Å². The van der Waals surface area contributed by atoms with Gasteiger partial charge in [0.2, 0.25) is 5.95 Å². The van der Waals surface area contributed by atoms with Gasteiger partial charge in [-0.25, -0.2) is 4.98 Å². The molecular weight excluding hydrogens is 254 g/mol. The molecule has 0 unspecified atom stereocenters. The molecule has 7 heteroatoms. The molecule has 68 valence electrons. The summed E-state index contributed by atoms with van der Waals surface area (Å²) in [7, 11) is 0. The lowest BCUT2D eigenvalue weighted by atomic mass is 10.7. The van der Waals surface area contributed by atoms with Gasteiger partial charge in [0.15, 0.2) is 10.8 Å². The first kappa shape index (κ1) is 8.76. The van der Waals surface area contributed by atoms with Crippen molar-refractivity contribution in [3.63, 3.8) is 0 Å². The van der Waals surface area contributed by atoms with E-state index in [1.54, 1.807) is 6.20 Å². The van der Waals surface area contributed by atoms with Crippen LogP contribution in [0.1, 0.15) is 0 Å². The highest BCUT2D eigenvalue weighted by atomic mass is 79.9. The fraction of sp³-hybridized carbons (Fsp3) is 0.167. The lowest BCUT2D eigenvalue weighted by Gasteiger charge is -1.99. The minimum absolute atomic E-state index is 0.347. The van der Waals surface area contributed by atoms with E-state index in [0.717, 1.165) is 4.47 Å². The molecule has 0 spiro atoms. The van der Waals surface area contributed by atoms with Crippen LogP contribution in [-0.2, 0) is 0 Å². The van der Waals surface area contributed by atoms with E-state index in [1.807, 2.05) is 6.26 Å². The Morgan fingerprint density at radius 2 is 2.31 bits per heavy atom. The second kappa shape index (κ2) is 3.15. The smallest absolute Gasteiger partial charge is 0.225 e. The highest BCUT2D eigenvalue weighted by Gasteiger charge is 2.07. The Morgan fingerprint density at radius 1 is 1.54 bits per heavy atom. The number of aromatic nitrogens is 4. The molecule has 0 radical (unpaired) electrons. The summed E-state index contributed by atoms with van der Waals surface area (Å²) in [6, 6.07) is 0. The maximum atomic E-state index is 5.66. The Labute approximate surface area is 86.9 Å². The number of rotatable bonds is 1. The normalized spacial score (nSPS) is 10.9. The topological polar surface area (TPSA) is 69.1 Å². The number of nitrogens with zero attached hydrogens (tertiary/aromatic N) is 4. The third kappa shape index (κ3) is 1.37. The highest BCUT2D eigenvalue weighted by molar-refractivity contribution is 9.10. The summed E-state index contributed by atoms with van der Waals surface area (Å²) >= 11 is 4.77. The summed E-state index contributed by atoms with van der Waals surface area (Å²) in [5.41, 5.74) is 6.35. The van der Waals surface area contributed by atoms with E-state index in [2.05, 4.69) is 31.0 Å². The lowest BCUT2D eigenvalue weighted by Crippen LogP contribution is -2.04. The van der Waals surface area contributed by atoms with Gasteiger partial charge < -0.3 is 5.73 Å². The molecule has 2 heterocycles. The molecule has 2 aromatic rings. The van der Waals surface area contributed by atoms with Crippen molar-refractivity contribution in [3.05, 3.63) is 10.7 Å². The molecule has 0 atom stereocenters.